The van der Waals surface area contributed by atoms with Gasteiger partial charge in [-0.3, -0.25) is 0 Å². The number of phenolic OH excluding ortho intramolecular Hbond substituents is 6. The largest absolute Gasteiger partial charge is 0.508 e. The summed E-state index contributed by atoms with van der Waals surface area (Å²) in [5, 5.41) is 62.0. The molecule has 402 valence electrons. The van der Waals surface area contributed by atoms with Gasteiger partial charge in [0.2, 0.25) is 0 Å². The van der Waals surface area contributed by atoms with E-state index >= 15 is 0 Å². The van der Waals surface area contributed by atoms with E-state index in [0.29, 0.717) is 36.8 Å². The second kappa shape index (κ2) is 24.6. The third-order valence-electron chi connectivity index (χ3n) is 15.7. The Morgan fingerprint density at radius 1 is 0.316 bits per heavy atom. The molecular formula is C73H74O6. The molecule has 0 radical (unpaired) electrons. The van der Waals surface area contributed by atoms with E-state index in [1.54, 1.807) is 72.9 Å². The normalized spacial score (nSPS) is 12.5. The van der Waals surface area contributed by atoms with Gasteiger partial charge in [0.15, 0.2) is 0 Å². The van der Waals surface area contributed by atoms with Crippen LogP contribution in [0.1, 0.15) is 130 Å². The molecule has 0 spiro atoms. The van der Waals surface area contributed by atoms with Crippen LogP contribution in [0.3, 0.4) is 0 Å². The fourth-order valence-electron chi connectivity index (χ4n) is 10.6. The van der Waals surface area contributed by atoms with Gasteiger partial charge < -0.3 is 30.6 Å². The first-order chi connectivity index (χ1) is 37.7. The molecule has 79 heavy (non-hydrogen) atoms. The number of phenols is 6. The molecule has 0 aliphatic rings. The van der Waals surface area contributed by atoms with Crippen molar-refractivity contribution in [2.45, 2.75) is 82.5 Å². The summed E-state index contributed by atoms with van der Waals surface area (Å²) in [4.78, 5) is 0. The molecule has 0 aromatic heterocycles. The van der Waals surface area contributed by atoms with E-state index in [0.717, 1.165) is 77.9 Å². The summed E-state index contributed by atoms with van der Waals surface area (Å²) in [5.74, 6) is 1.29. The standard InChI is InChI=1S/C37H38O3.C36H36O3/c1-7-10-26-23-30(16-19-34(26)39)36(4,5)28-12-14-29(15-13-28)37(6,31-17-20-33(38)25(9-3)22-31)32-18-21-35(40)27(24-32)11-8-2;1-6-9-26-22-29(14-19-33(26)38)35(28-13-18-32(37)24(8-3)21-28)25-11-15-30(16-12-25)36(4,5)31-17-20-34(39)27(23-31)10-7-2/h7-9,12-24,38-40H,1-3,10-11H2,4-6H3;6-8,11-23,35,37-39H,1-3,9-10H2,4-5H3. The van der Waals surface area contributed by atoms with Gasteiger partial charge >= 0.3 is 0 Å². The van der Waals surface area contributed by atoms with E-state index in [1.807, 2.05) is 60.7 Å². The van der Waals surface area contributed by atoms with Crippen LogP contribution < -0.4 is 0 Å². The van der Waals surface area contributed by atoms with Crippen LogP contribution in [0, 0.1) is 0 Å². The molecular weight excluding hydrogens is 973 g/mol. The Bertz CT molecular complexity index is 3540. The van der Waals surface area contributed by atoms with Crippen molar-refractivity contribution < 1.29 is 30.6 Å². The lowest BCUT2D eigenvalue weighted by molar-refractivity contribution is 0.468. The minimum atomic E-state index is -0.590. The summed E-state index contributed by atoms with van der Waals surface area (Å²) in [5.41, 5.74) is 14.2. The number of allylic oxidation sites excluding steroid dienone is 4. The van der Waals surface area contributed by atoms with Crippen molar-refractivity contribution in [2.75, 3.05) is 0 Å². The highest BCUT2D eigenvalue weighted by Gasteiger charge is 2.34. The van der Waals surface area contributed by atoms with Crippen molar-refractivity contribution in [3.63, 3.8) is 0 Å². The van der Waals surface area contributed by atoms with Crippen molar-refractivity contribution in [3.05, 3.63) is 311 Å². The monoisotopic (exact) mass is 1050 g/mol. The summed E-state index contributed by atoms with van der Waals surface area (Å²) < 4.78 is 0. The van der Waals surface area contributed by atoms with Crippen LogP contribution in [0.15, 0.2) is 222 Å². The lowest BCUT2D eigenvalue weighted by Gasteiger charge is -2.34. The molecule has 6 heteroatoms. The Kier molecular flexibility index (Phi) is 17.9. The zero-order valence-corrected chi connectivity index (χ0v) is 46.3. The summed E-state index contributed by atoms with van der Waals surface area (Å²) in [6, 6.07) is 51.5. The van der Waals surface area contributed by atoms with Crippen molar-refractivity contribution in [3.8, 4) is 34.5 Å². The number of hydrogen-bond donors (Lipinski definition) is 6. The second-order valence-corrected chi connectivity index (χ2v) is 21.4. The molecule has 6 nitrogen and oxygen atoms in total. The summed E-state index contributed by atoms with van der Waals surface area (Å²) in [6.07, 6.45) is 12.8. The molecule has 8 rings (SSSR count). The van der Waals surface area contributed by atoms with E-state index in [4.69, 9.17) is 0 Å². The summed E-state index contributed by atoms with van der Waals surface area (Å²) >= 11 is 0. The summed E-state index contributed by atoms with van der Waals surface area (Å²) in [7, 11) is 0. The summed E-state index contributed by atoms with van der Waals surface area (Å²) in [6.45, 7) is 33.9. The van der Waals surface area contributed by atoms with Gasteiger partial charge in [0, 0.05) is 33.3 Å². The maximum absolute atomic E-state index is 10.5. The predicted molar refractivity (Wildman–Crippen MR) is 328 cm³/mol. The predicted octanol–water partition coefficient (Wildman–Crippen LogP) is 17.0. The van der Waals surface area contributed by atoms with Crippen molar-refractivity contribution >= 4 is 12.2 Å². The molecule has 8 aromatic carbocycles. The van der Waals surface area contributed by atoms with Gasteiger partial charge in [-0.2, -0.15) is 0 Å². The van der Waals surface area contributed by atoms with Gasteiger partial charge in [-0.25, -0.2) is 0 Å². The van der Waals surface area contributed by atoms with E-state index in [1.165, 1.54) is 0 Å². The highest BCUT2D eigenvalue weighted by atomic mass is 16.3. The molecule has 0 aliphatic heterocycles. The van der Waals surface area contributed by atoms with Gasteiger partial charge in [-0.15, -0.1) is 26.3 Å². The first-order valence-electron chi connectivity index (χ1n) is 26.6. The highest BCUT2D eigenvalue weighted by molar-refractivity contribution is 5.62. The van der Waals surface area contributed by atoms with Gasteiger partial charge in [-0.1, -0.05) is 187 Å². The number of hydrogen-bond acceptors (Lipinski definition) is 6. The van der Waals surface area contributed by atoms with Crippen LogP contribution in [0.25, 0.3) is 12.2 Å². The molecule has 2 unspecified atom stereocenters. The molecule has 2 atom stereocenters. The van der Waals surface area contributed by atoms with Gasteiger partial charge in [-0.05, 0) is 159 Å². The van der Waals surface area contributed by atoms with Crippen LogP contribution >= 0.6 is 0 Å². The lowest BCUT2D eigenvalue weighted by Crippen LogP contribution is -2.26. The van der Waals surface area contributed by atoms with E-state index < -0.39 is 5.41 Å². The van der Waals surface area contributed by atoms with E-state index in [2.05, 4.69) is 135 Å². The lowest BCUT2D eigenvalue weighted by atomic mass is 9.69. The van der Waals surface area contributed by atoms with E-state index in [-0.39, 0.29) is 51.2 Å². The van der Waals surface area contributed by atoms with Crippen molar-refractivity contribution in [2.24, 2.45) is 0 Å². The molecule has 0 fully saturated rings. The Labute approximate surface area is 468 Å². The van der Waals surface area contributed by atoms with E-state index in [9.17, 15) is 30.6 Å². The minimum absolute atomic E-state index is 0.126. The number of rotatable bonds is 20. The van der Waals surface area contributed by atoms with Gasteiger partial charge in [0.05, 0.1) is 0 Å². The maximum atomic E-state index is 10.5. The molecule has 8 aromatic rings. The van der Waals surface area contributed by atoms with Crippen molar-refractivity contribution in [1.29, 1.82) is 0 Å². The van der Waals surface area contributed by atoms with Gasteiger partial charge in [0.25, 0.3) is 0 Å². The van der Waals surface area contributed by atoms with Crippen LogP contribution in [0.2, 0.25) is 0 Å². The number of aromatic hydroxyl groups is 6. The fraction of sp³-hybridized carbons (Fsp3) is 0.178. The van der Waals surface area contributed by atoms with Crippen LogP contribution in [0.5, 0.6) is 34.5 Å². The van der Waals surface area contributed by atoms with Gasteiger partial charge in [0.1, 0.15) is 34.5 Å². The average molecular weight is 1050 g/mol. The fourth-order valence-corrected chi connectivity index (χ4v) is 10.6. The Morgan fingerprint density at radius 2 is 0.608 bits per heavy atom. The van der Waals surface area contributed by atoms with Crippen molar-refractivity contribution in [1.82, 2.24) is 0 Å². The van der Waals surface area contributed by atoms with Crippen LogP contribution in [-0.4, -0.2) is 30.6 Å². The molecule has 0 saturated heterocycles. The zero-order chi connectivity index (χ0) is 57.2. The SMILES string of the molecule is C=CCc1cc(C(C)(C)c2ccc(C(C)(c3ccc(O)c(C=C)c3)c3ccc(O)c(CC=C)c3)cc2)ccc1O.C=CCc1cc(C(c2ccc(C(C)(C)c3ccc(O)c(CC=C)c3)cc2)c2ccc(O)c(C=C)c2)ccc1O. The minimum Gasteiger partial charge on any atom is -0.508 e. The Morgan fingerprint density at radius 3 is 1.04 bits per heavy atom. The molecule has 0 heterocycles. The smallest absolute Gasteiger partial charge is 0.122 e. The molecule has 6 N–H and O–H groups in total. The highest BCUT2D eigenvalue weighted by Crippen LogP contribution is 2.44. The first-order valence-corrected chi connectivity index (χ1v) is 26.6. The Hall–Kier alpha value is -9.00. The Balaban J connectivity index is 0.000000229. The topological polar surface area (TPSA) is 121 Å². The third-order valence-corrected chi connectivity index (χ3v) is 15.7. The average Bonchev–Trinajstić information content (AvgIpc) is 3.50. The van der Waals surface area contributed by atoms with Crippen LogP contribution in [-0.2, 0) is 41.9 Å². The third kappa shape index (κ3) is 12.3. The maximum Gasteiger partial charge on any atom is 0.122 e. The quantitative estimate of drug-likeness (QED) is 0.0334. The second-order valence-electron chi connectivity index (χ2n) is 21.4. The van der Waals surface area contributed by atoms with Crippen LogP contribution in [0.4, 0.5) is 0 Å². The molecule has 0 aliphatic carbocycles. The molecule has 0 bridgehead atoms. The number of benzene rings is 8. The molecule has 0 amide bonds. The zero-order valence-electron chi connectivity index (χ0n) is 46.3. The molecule has 0 saturated carbocycles. The first kappa shape index (κ1) is 57.7.